The number of hydrogen-bond acceptors (Lipinski definition) is 4. The lowest BCUT2D eigenvalue weighted by molar-refractivity contribution is 0.102. The lowest BCUT2D eigenvalue weighted by Gasteiger charge is -2.15. The van der Waals surface area contributed by atoms with Crippen molar-refractivity contribution in [2.45, 2.75) is 20.3 Å². The Morgan fingerprint density at radius 1 is 1.12 bits per heavy atom. The van der Waals surface area contributed by atoms with Crippen LogP contribution in [0.4, 0.5) is 5.69 Å². The number of benzene rings is 2. The maximum Gasteiger partial charge on any atom is 0.255 e. The third-order valence-electron chi connectivity index (χ3n) is 3.55. The number of rotatable bonds is 7. The summed E-state index contributed by atoms with van der Waals surface area (Å²) in [6.07, 6.45) is 0.842. The highest BCUT2D eigenvalue weighted by Gasteiger charge is 2.17. The number of anilines is 1. The van der Waals surface area contributed by atoms with Crippen molar-refractivity contribution in [3.63, 3.8) is 0 Å². The van der Waals surface area contributed by atoms with Crippen LogP contribution < -0.4 is 19.5 Å². The molecular formula is C19H22ClNO4. The summed E-state index contributed by atoms with van der Waals surface area (Å²) in [6.45, 7) is 4.45. The van der Waals surface area contributed by atoms with E-state index >= 15 is 0 Å². The second-order valence-electron chi connectivity index (χ2n) is 5.50. The molecular weight excluding hydrogens is 342 g/mol. The van der Waals surface area contributed by atoms with Crippen LogP contribution in [0.2, 0.25) is 5.02 Å². The van der Waals surface area contributed by atoms with E-state index < -0.39 is 0 Å². The monoisotopic (exact) mass is 363 g/mol. The Hall–Kier alpha value is -2.40. The summed E-state index contributed by atoms with van der Waals surface area (Å²) in [7, 11) is 3.07. The first kappa shape index (κ1) is 18.9. The average Bonchev–Trinajstić information content (AvgIpc) is 2.60. The molecule has 0 saturated heterocycles. The predicted octanol–water partition coefficient (Wildman–Crippen LogP) is 4.71. The van der Waals surface area contributed by atoms with E-state index in [0.717, 1.165) is 12.0 Å². The number of ether oxygens (including phenoxy) is 3. The average molecular weight is 364 g/mol. The molecule has 0 radical (unpaired) electrons. The van der Waals surface area contributed by atoms with Crippen molar-refractivity contribution < 1.29 is 19.0 Å². The molecule has 0 spiro atoms. The molecule has 0 aliphatic rings. The van der Waals surface area contributed by atoms with Gasteiger partial charge in [0.15, 0.2) is 11.5 Å². The largest absolute Gasteiger partial charge is 0.495 e. The normalized spacial score (nSPS) is 10.3. The van der Waals surface area contributed by atoms with Gasteiger partial charge in [-0.15, -0.1) is 0 Å². The number of aryl methyl sites for hydroxylation is 1. The van der Waals surface area contributed by atoms with Gasteiger partial charge in [0.2, 0.25) is 0 Å². The molecule has 0 unspecified atom stereocenters. The summed E-state index contributed by atoms with van der Waals surface area (Å²) in [5.41, 5.74) is 1.97. The lowest BCUT2D eigenvalue weighted by atomic mass is 10.1. The first-order chi connectivity index (χ1) is 12.0. The van der Waals surface area contributed by atoms with E-state index in [2.05, 4.69) is 5.32 Å². The van der Waals surface area contributed by atoms with Gasteiger partial charge in [-0.05, 0) is 43.2 Å². The van der Waals surface area contributed by atoms with Gasteiger partial charge < -0.3 is 19.5 Å². The van der Waals surface area contributed by atoms with Gasteiger partial charge >= 0.3 is 0 Å². The van der Waals surface area contributed by atoms with E-state index in [0.29, 0.717) is 40.1 Å². The highest BCUT2D eigenvalue weighted by Crippen LogP contribution is 2.37. The van der Waals surface area contributed by atoms with Gasteiger partial charge in [0.25, 0.3) is 5.91 Å². The lowest BCUT2D eigenvalue weighted by Crippen LogP contribution is -2.13. The van der Waals surface area contributed by atoms with Crippen molar-refractivity contribution in [1.29, 1.82) is 0 Å². The molecule has 0 bridgehead atoms. The number of hydrogen-bond donors (Lipinski definition) is 1. The van der Waals surface area contributed by atoms with Gasteiger partial charge in [0.05, 0.1) is 31.5 Å². The molecule has 134 valence electrons. The molecule has 0 heterocycles. The highest BCUT2D eigenvalue weighted by molar-refractivity contribution is 6.32. The Bertz CT molecular complexity index is 761. The van der Waals surface area contributed by atoms with E-state index in [4.69, 9.17) is 25.8 Å². The number of methoxy groups -OCH3 is 2. The van der Waals surface area contributed by atoms with Crippen LogP contribution in [-0.4, -0.2) is 26.7 Å². The molecule has 1 N–H and O–H groups in total. The molecule has 1 amide bonds. The van der Waals surface area contributed by atoms with Crippen molar-refractivity contribution in [1.82, 2.24) is 0 Å². The van der Waals surface area contributed by atoms with E-state index in [1.807, 2.05) is 26.0 Å². The molecule has 25 heavy (non-hydrogen) atoms. The van der Waals surface area contributed by atoms with Crippen LogP contribution in [0, 0.1) is 6.92 Å². The fourth-order valence-electron chi connectivity index (χ4n) is 2.31. The van der Waals surface area contributed by atoms with Crippen LogP contribution in [0.5, 0.6) is 17.2 Å². The van der Waals surface area contributed by atoms with E-state index in [9.17, 15) is 4.79 Å². The van der Waals surface area contributed by atoms with Gasteiger partial charge in [-0.3, -0.25) is 4.79 Å². The Labute approximate surface area is 152 Å². The fourth-order valence-corrected chi connectivity index (χ4v) is 2.57. The second-order valence-corrected chi connectivity index (χ2v) is 5.90. The molecule has 0 fully saturated rings. The molecule has 2 aromatic carbocycles. The summed E-state index contributed by atoms with van der Waals surface area (Å²) in [4.78, 5) is 12.6. The molecule has 0 atom stereocenters. The van der Waals surface area contributed by atoms with E-state index in [-0.39, 0.29) is 5.91 Å². The number of amides is 1. The van der Waals surface area contributed by atoms with E-state index in [1.54, 1.807) is 25.3 Å². The molecule has 0 aromatic heterocycles. The first-order valence-electron chi connectivity index (χ1n) is 7.96. The zero-order valence-electron chi connectivity index (χ0n) is 14.8. The van der Waals surface area contributed by atoms with Crippen LogP contribution in [0.15, 0.2) is 30.3 Å². The van der Waals surface area contributed by atoms with Crippen LogP contribution in [0.25, 0.3) is 0 Å². The van der Waals surface area contributed by atoms with Crippen LogP contribution >= 0.6 is 11.6 Å². The maximum absolute atomic E-state index is 12.6. The third kappa shape index (κ3) is 4.57. The van der Waals surface area contributed by atoms with Crippen molar-refractivity contribution in [2.75, 3.05) is 26.1 Å². The summed E-state index contributed by atoms with van der Waals surface area (Å²) in [5.74, 6) is 1.13. The zero-order chi connectivity index (χ0) is 18.4. The van der Waals surface area contributed by atoms with Gasteiger partial charge in [0, 0.05) is 5.56 Å². The molecule has 0 saturated carbocycles. The summed E-state index contributed by atoms with van der Waals surface area (Å²) >= 11 is 6.27. The van der Waals surface area contributed by atoms with Crippen molar-refractivity contribution in [3.8, 4) is 17.2 Å². The molecule has 0 aliphatic carbocycles. The number of nitrogens with one attached hydrogen (secondary N) is 1. The van der Waals surface area contributed by atoms with Crippen LogP contribution in [0.1, 0.15) is 29.3 Å². The molecule has 2 rings (SSSR count). The van der Waals surface area contributed by atoms with Gasteiger partial charge in [0.1, 0.15) is 5.75 Å². The zero-order valence-corrected chi connectivity index (χ0v) is 15.6. The Balaban J connectivity index is 2.31. The second kappa shape index (κ2) is 8.62. The van der Waals surface area contributed by atoms with Crippen LogP contribution in [0.3, 0.4) is 0 Å². The Morgan fingerprint density at radius 2 is 1.84 bits per heavy atom. The minimum atomic E-state index is -0.314. The first-order valence-corrected chi connectivity index (χ1v) is 8.34. The molecule has 2 aromatic rings. The van der Waals surface area contributed by atoms with Crippen molar-refractivity contribution >= 4 is 23.2 Å². The number of carbonyl (C=O) groups excluding carboxylic acids is 1. The fraction of sp³-hybridized carbons (Fsp3) is 0.316. The molecule has 0 aliphatic heterocycles. The predicted molar refractivity (Wildman–Crippen MR) is 99.5 cm³/mol. The van der Waals surface area contributed by atoms with E-state index in [1.165, 1.54) is 7.11 Å². The number of carbonyl (C=O) groups is 1. The van der Waals surface area contributed by atoms with Crippen molar-refractivity contribution in [2.24, 2.45) is 0 Å². The minimum absolute atomic E-state index is 0.314. The summed E-state index contributed by atoms with van der Waals surface area (Å²) in [5, 5.41) is 3.17. The molecule has 6 heteroatoms. The molecule has 5 nitrogen and oxygen atoms in total. The Morgan fingerprint density at radius 3 is 2.48 bits per heavy atom. The minimum Gasteiger partial charge on any atom is -0.495 e. The quantitative estimate of drug-likeness (QED) is 0.774. The van der Waals surface area contributed by atoms with Gasteiger partial charge in [-0.2, -0.15) is 0 Å². The Kier molecular flexibility index (Phi) is 6.53. The highest BCUT2D eigenvalue weighted by atomic mass is 35.5. The van der Waals surface area contributed by atoms with Crippen molar-refractivity contribution in [3.05, 3.63) is 46.5 Å². The van der Waals surface area contributed by atoms with Crippen LogP contribution in [-0.2, 0) is 0 Å². The maximum atomic E-state index is 12.6. The standard InChI is InChI=1S/C19H22ClNO4/c1-5-8-25-18-14(20)10-13(11-17(18)24-4)19(22)21-15-9-12(2)6-7-16(15)23-3/h6-7,9-11H,5,8H2,1-4H3,(H,21,22). The summed E-state index contributed by atoms with van der Waals surface area (Å²) < 4.78 is 16.2. The summed E-state index contributed by atoms with van der Waals surface area (Å²) in [6, 6.07) is 8.73. The third-order valence-corrected chi connectivity index (χ3v) is 3.83. The number of halogens is 1. The SMILES string of the molecule is CCCOc1c(Cl)cc(C(=O)Nc2cc(C)ccc2OC)cc1OC. The smallest absolute Gasteiger partial charge is 0.255 e. The van der Waals surface area contributed by atoms with Gasteiger partial charge in [-0.25, -0.2) is 0 Å². The van der Waals surface area contributed by atoms with Gasteiger partial charge in [-0.1, -0.05) is 24.6 Å². The topological polar surface area (TPSA) is 56.8 Å².